The molecule has 0 spiro atoms. The molecule has 0 bridgehead atoms. The SMILES string of the molecule is CCOP(OC)OOC. The zero-order chi connectivity index (χ0) is 7.11. The summed E-state index contributed by atoms with van der Waals surface area (Å²) in [6.45, 7) is 2.41. The van der Waals surface area contributed by atoms with Gasteiger partial charge in [0, 0.05) is 7.11 Å². The van der Waals surface area contributed by atoms with Gasteiger partial charge in [0.25, 0.3) is 0 Å². The van der Waals surface area contributed by atoms with Gasteiger partial charge in [-0.3, -0.25) is 0 Å². The minimum Gasteiger partial charge on any atom is -0.314 e. The van der Waals surface area contributed by atoms with E-state index < -0.39 is 8.60 Å². The molecule has 0 aromatic heterocycles. The van der Waals surface area contributed by atoms with E-state index >= 15 is 0 Å². The Morgan fingerprint density at radius 3 is 2.33 bits per heavy atom. The Morgan fingerprint density at radius 2 is 2.00 bits per heavy atom. The molecule has 0 amide bonds. The molecule has 0 saturated carbocycles. The zero-order valence-electron chi connectivity index (χ0n) is 5.79. The standard InChI is InChI=1S/C4H11O4P/c1-4-7-9(6-3)8-5-2/h4H2,1-3H3. The van der Waals surface area contributed by atoms with Gasteiger partial charge in [-0.25, -0.2) is 4.89 Å². The van der Waals surface area contributed by atoms with Crippen LogP contribution in [0.4, 0.5) is 0 Å². The van der Waals surface area contributed by atoms with Crippen molar-refractivity contribution in [3.05, 3.63) is 0 Å². The van der Waals surface area contributed by atoms with Gasteiger partial charge in [-0.1, -0.05) is 0 Å². The Bertz CT molecular complexity index is 54.5. The molecule has 56 valence electrons. The van der Waals surface area contributed by atoms with Gasteiger partial charge in [-0.2, -0.15) is 4.67 Å². The zero-order valence-corrected chi connectivity index (χ0v) is 6.68. The summed E-state index contributed by atoms with van der Waals surface area (Å²) in [7, 11) is 1.63. The molecule has 0 aromatic rings. The van der Waals surface area contributed by atoms with Crippen LogP contribution in [-0.4, -0.2) is 20.8 Å². The molecule has 4 nitrogen and oxygen atoms in total. The molecule has 5 heteroatoms. The molecule has 9 heavy (non-hydrogen) atoms. The third-order valence-corrected chi connectivity index (χ3v) is 1.56. The topological polar surface area (TPSA) is 36.9 Å². The maximum atomic E-state index is 4.93. The molecule has 0 aliphatic rings. The Labute approximate surface area is 56.0 Å². The van der Waals surface area contributed by atoms with Gasteiger partial charge in [0.05, 0.1) is 13.7 Å². The van der Waals surface area contributed by atoms with Gasteiger partial charge in [-0.15, -0.1) is 0 Å². The summed E-state index contributed by atoms with van der Waals surface area (Å²) >= 11 is 0. The molecule has 0 heterocycles. The predicted molar refractivity (Wildman–Crippen MR) is 33.6 cm³/mol. The largest absolute Gasteiger partial charge is 0.362 e. The highest BCUT2D eigenvalue weighted by Gasteiger charge is 2.07. The van der Waals surface area contributed by atoms with Crippen molar-refractivity contribution in [1.82, 2.24) is 0 Å². The van der Waals surface area contributed by atoms with Crippen molar-refractivity contribution in [2.24, 2.45) is 0 Å². The molecule has 0 aliphatic carbocycles. The van der Waals surface area contributed by atoms with Gasteiger partial charge >= 0.3 is 8.60 Å². The lowest BCUT2D eigenvalue weighted by Gasteiger charge is -2.08. The van der Waals surface area contributed by atoms with E-state index in [1.54, 1.807) is 0 Å². The van der Waals surface area contributed by atoms with Gasteiger partial charge in [0.15, 0.2) is 0 Å². The van der Waals surface area contributed by atoms with Crippen LogP contribution in [0.1, 0.15) is 6.92 Å². The minimum absolute atomic E-state index is 0.558. The highest BCUT2D eigenvalue weighted by atomic mass is 31.2. The van der Waals surface area contributed by atoms with Crippen LogP contribution in [-0.2, 0) is 18.6 Å². The second kappa shape index (κ2) is 6.39. The fraction of sp³-hybridized carbons (Fsp3) is 1.00. The monoisotopic (exact) mass is 154 g/mol. The second-order valence-corrected chi connectivity index (χ2v) is 2.28. The van der Waals surface area contributed by atoms with Crippen molar-refractivity contribution >= 4 is 8.60 Å². The van der Waals surface area contributed by atoms with Gasteiger partial charge in [0.2, 0.25) is 0 Å². The average molecular weight is 154 g/mol. The smallest absolute Gasteiger partial charge is 0.314 e. The highest BCUT2D eigenvalue weighted by Crippen LogP contribution is 2.37. The van der Waals surface area contributed by atoms with Crippen molar-refractivity contribution in [1.29, 1.82) is 0 Å². The first kappa shape index (κ1) is 9.27. The molecular weight excluding hydrogens is 143 g/mol. The van der Waals surface area contributed by atoms with E-state index in [1.807, 2.05) is 6.92 Å². The van der Waals surface area contributed by atoms with Crippen molar-refractivity contribution in [3.8, 4) is 0 Å². The van der Waals surface area contributed by atoms with Crippen LogP contribution in [0.15, 0.2) is 0 Å². The second-order valence-electron chi connectivity index (χ2n) is 1.07. The van der Waals surface area contributed by atoms with Crippen LogP contribution in [0.5, 0.6) is 0 Å². The number of hydrogen-bond donors (Lipinski definition) is 0. The van der Waals surface area contributed by atoms with E-state index in [0.717, 1.165) is 0 Å². The highest BCUT2D eigenvalue weighted by molar-refractivity contribution is 7.41. The van der Waals surface area contributed by atoms with Crippen molar-refractivity contribution in [2.75, 3.05) is 20.8 Å². The predicted octanol–water partition coefficient (Wildman–Crippen LogP) is 1.47. The normalized spacial score (nSPS) is 13.7. The maximum absolute atomic E-state index is 4.93. The molecule has 0 radical (unpaired) electrons. The summed E-state index contributed by atoms with van der Waals surface area (Å²) in [5.41, 5.74) is 0. The Morgan fingerprint density at radius 1 is 1.33 bits per heavy atom. The molecule has 0 aliphatic heterocycles. The average Bonchev–Trinajstić information content (AvgIpc) is 1.88. The van der Waals surface area contributed by atoms with Crippen LogP contribution in [0, 0.1) is 0 Å². The van der Waals surface area contributed by atoms with Crippen LogP contribution >= 0.6 is 8.60 Å². The summed E-state index contributed by atoms with van der Waals surface area (Å²) in [4.78, 5) is 4.33. The molecule has 0 rings (SSSR count). The number of rotatable bonds is 5. The van der Waals surface area contributed by atoms with Crippen LogP contribution in [0.2, 0.25) is 0 Å². The van der Waals surface area contributed by atoms with Gasteiger partial charge in [-0.05, 0) is 6.92 Å². The fourth-order valence-corrected chi connectivity index (χ4v) is 0.813. The molecule has 0 aromatic carbocycles. The minimum atomic E-state index is -1.28. The summed E-state index contributed by atoms with van der Waals surface area (Å²) in [5, 5.41) is 0. The van der Waals surface area contributed by atoms with Crippen LogP contribution in [0.3, 0.4) is 0 Å². The Hall–Kier alpha value is 0.270. The lowest BCUT2D eigenvalue weighted by Crippen LogP contribution is -1.90. The van der Waals surface area contributed by atoms with Crippen LogP contribution in [0.25, 0.3) is 0 Å². The van der Waals surface area contributed by atoms with E-state index in [1.165, 1.54) is 14.2 Å². The summed E-state index contributed by atoms with van der Waals surface area (Å²) in [6.07, 6.45) is 0. The first-order valence-electron chi connectivity index (χ1n) is 2.53. The van der Waals surface area contributed by atoms with E-state index in [0.29, 0.717) is 6.61 Å². The van der Waals surface area contributed by atoms with Crippen molar-refractivity contribution < 1.29 is 18.6 Å². The lowest BCUT2D eigenvalue weighted by molar-refractivity contribution is -0.189. The fourth-order valence-electron chi connectivity index (χ4n) is 0.271. The molecular formula is C4H11O4P. The Balaban J connectivity index is 3.18. The van der Waals surface area contributed by atoms with Crippen molar-refractivity contribution in [3.63, 3.8) is 0 Å². The van der Waals surface area contributed by atoms with E-state index in [2.05, 4.69) is 9.56 Å². The van der Waals surface area contributed by atoms with E-state index in [9.17, 15) is 0 Å². The van der Waals surface area contributed by atoms with Gasteiger partial charge < -0.3 is 9.05 Å². The first-order valence-corrected chi connectivity index (χ1v) is 3.62. The summed E-state index contributed by atoms with van der Waals surface area (Å²) in [5.74, 6) is 0. The van der Waals surface area contributed by atoms with Gasteiger partial charge in [0.1, 0.15) is 0 Å². The first-order chi connectivity index (χ1) is 4.35. The molecule has 1 atom stereocenters. The number of hydrogen-bond acceptors (Lipinski definition) is 4. The molecule has 0 N–H and O–H groups in total. The van der Waals surface area contributed by atoms with E-state index in [-0.39, 0.29) is 0 Å². The van der Waals surface area contributed by atoms with E-state index in [4.69, 9.17) is 9.05 Å². The van der Waals surface area contributed by atoms with Crippen molar-refractivity contribution in [2.45, 2.75) is 6.92 Å². The Kier molecular flexibility index (Phi) is 6.58. The molecule has 1 unspecified atom stereocenters. The summed E-state index contributed by atoms with van der Waals surface area (Å²) in [6, 6.07) is 0. The summed E-state index contributed by atoms with van der Waals surface area (Å²) < 4.78 is 14.2. The van der Waals surface area contributed by atoms with Crippen LogP contribution < -0.4 is 0 Å². The molecule has 0 fully saturated rings. The third kappa shape index (κ3) is 4.75. The maximum Gasteiger partial charge on any atom is 0.362 e. The molecule has 0 saturated heterocycles. The quantitative estimate of drug-likeness (QED) is 0.341. The lowest BCUT2D eigenvalue weighted by atomic mass is 10.9. The third-order valence-electron chi connectivity index (χ3n) is 0.519.